The molecule has 0 bridgehead atoms. The van der Waals surface area contributed by atoms with Gasteiger partial charge in [-0.25, -0.2) is 0 Å². The molecule has 0 atom stereocenters. The minimum Gasteiger partial charge on any atom is -0.454 e. The quantitative estimate of drug-likeness (QED) is 0.333. The van der Waals surface area contributed by atoms with Crippen molar-refractivity contribution in [1.29, 1.82) is 0 Å². The lowest BCUT2D eigenvalue weighted by atomic mass is 10.1. The number of aliphatic imine (C=N–C) groups is 1. The van der Waals surface area contributed by atoms with Gasteiger partial charge in [0.15, 0.2) is 17.5 Å². The van der Waals surface area contributed by atoms with Gasteiger partial charge in [0, 0.05) is 46.3 Å². The maximum atomic E-state index is 5.45. The Balaban J connectivity index is 0.00000208. The molecule has 0 aromatic heterocycles. The standard InChI is InChI=1S/C17H24N4O2.HI/c1-3-6-19-17(18-2)21-9-7-20(8-10-21)12-14-4-5-15-16(11-14)23-13-22-15;/h3-5,11H,1,6-10,12-13H2,2H3,(H,18,19);1H. The first-order valence-electron chi connectivity index (χ1n) is 7.97. The van der Waals surface area contributed by atoms with E-state index in [0.717, 1.165) is 56.7 Å². The second-order valence-corrected chi connectivity index (χ2v) is 5.67. The third kappa shape index (κ3) is 4.54. The average molecular weight is 444 g/mol. The number of nitrogens with one attached hydrogen (secondary N) is 1. The number of fused-ring (bicyclic) bond motifs is 1. The normalized spacial score (nSPS) is 17.4. The van der Waals surface area contributed by atoms with E-state index in [4.69, 9.17) is 9.47 Å². The molecule has 1 N–H and O–H groups in total. The van der Waals surface area contributed by atoms with E-state index in [9.17, 15) is 0 Å². The number of piperazine rings is 1. The van der Waals surface area contributed by atoms with Crippen molar-refractivity contribution < 1.29 is 9.47 Å². The number of rotatable bonds is 4. The zero-order valence-corrected chi connectivity index (χ0v) is 16.4. The lowest BCUT2D eigenvalue weighted by Gasteiger charge is -2.36. The maximum absolute atomic E-state index is 5.45. The fourth-order valence-corrected chi connectivity index (χ4v) is 2.91. The van der Waals surface area contributed by atoms with Crippen LogP contribution in [0.1, 0.15) is 5.56 Å². The molecular weight excluding hydrogens is 419 g/mol. The summed E-state index contributed by atoms with van der Waals surface area (Å²) in [4.78, 5) is 9.08. The third-order valence-corrected chi connectivity index (χ3v) is 4.13. The van der Waals surface area contributed by atoms with Gasteiger partial charge in [0.1, 0.15) is 0 Å². The molecule has 3 rings (SSSR count). The molecule has 0 radical (unpaired) electrons. The zero-order valence-electron chi connectivity index (χ0n) is 14.0. The number of hydrogen-bond acceptors (Lipinski definition) is 4. The largest absolute Gasteiger partial charge is 0.454 e. The average Bonchev–Trinajstić information content (AvgIpc) is 3.04. The highest BCUT2D eigenvalue weighted by molar-refractivity contribution is 14.0. The summed E-state index contributed by atoms with van der Waals surface area (Å²) in [6.45, 7) is 9.72. The van der Waals surface area contributed by atoms with E-state index < -0.39 is 0 Å². The summed E-state index contributed by atoms with van der Waals surface area (Å²) in [5.74, 6) is 2.65. The van der Waals surface area contributed by atoms with Crippen molar-refractivity contribution in [2.24, 2.45) is 4.99 Å². The predicted molar refractivity (Wildman–Crippen MR) is 106 cm³/mol. The van der Waals surface area contributed by atoms with E-state index in [0.29, 0.717) is 6.79 Å². The molecule has 1 saturated heterocycles. The second-order valence-electron chi connectivity index (χ2n) is 5.67. The highest BCUT2D eigenvalue weighted by Crippen LogP contribution is 2.32. The van der Waals surface area contributed by atoms with Gasteiger partial charge in [0.25, 0.3) is 0 Å². The first-order chi connectivity index (χ1) is 11.3. The Bertz CT molecular complexity index is 586. The molecule has 24 heavy (non-hydrogen) atoms. The fourth-order valence-electron chi connectivity index (χ4n) is 2.91. The fraction of sp³-hybridized carbons (Fsp3) is 0.471. The molecule has 132 valence electrons. The second kappa shape index (κ2) is 9.12. The van der Waals surface area contributed by atoms with Crippen LogP contribution in [-0.2, 0) is 6.54 Å². The molecule has 0 saturated carbocycles. The number of benzene rings is 1. The van der Waals surface area contributed by atoms with E-state index >= 15 is 0 Å². The van der Waals surface area contributed by atoms with Crippen LogP contribution < -0.4 is 14.8 Å². The van der Waals surface area contributed by atoms with E-state index in [2.05, 4.69) is 38.8 Å². The van der Waals surface area contributed by atoms with E-state index in [-0.39, 0.29) is 24.0 Å². The Hall–Kier alpha value is -1.48. The molecule has 1 aromatic rings. The molecule has 2 heterocycles. The highest BCUT2D eigenvalue weighted by Gasteiger charge is 2.20. The van der Waals surface area contributed by atoms with Crippen molar-refractivity contribution in [2.45, 2.75) is 6.54 Å². The molecule has 2 aliphatic heterocycles. The summed E-state index contributed by atoms with van der Waals surface area (Å²) in [6.07, 6.45) is 1.85. The molecule has 1 fully saturated rings. The Kier molecular flexibility index (Phi) is 7.16. The SMILES string of the molecule is C=CCNC(=NC)N1CCN(Cc2ccc3c(c2)OCO3)CC1.I. The molecular formula is C17H25IN4O2. The molecule has 0 aliphatic carbocycles. The summed E-state index contributed by atoms with van der Waals surface area (Å²) in [7, 11) is 1.82. The van der Waals surface area contributed by atoms with Crippen molar-refractivity contribution >= 4 is 29.9 Å². The van der Waals surface area contributed by atoms with Crippen LogP contribution in [0.15, 0.2) is 35.8 Å². The number of nitrogens with zero attached hydrogens (tertiary/aromatic N) is 3. The Morgan fingerprint density at radius 1 is 1.25 bits per heavy atom. The Morgan fingerprint density at radius 2 is 2.00 bits per heavy atom. The predicted octanol–water partition coefficient (Wildman–Crippen LogP) is 1.91. The Morgan fingerprint density at radius 3 is 2.71 bits per heavy atom. The molecule has 0 spiro atoms. The van der Waals surface area contributed by atoms with Crippen molar-refractivity contribution in [3.63, 3.8) is 0 Å². The number of ether oxygens (including phenoxy) is 2. The van der Waals surface area contributed by atoms with Crippen LogP contribution in [0.4, 0.5) is 0 Å². The van der Waals surface area contributed by atoms with Crippen molar-refractivity contribution in [3.8, 4) is 11.5 Å². The van der Waals surface area contributed by atoms with E-state index in [1.807, 2.05) is 19.2 Å². The molecule has 1 aromatic carbocycles. The maximum Gasteiger partial charge on any atom is 0.231 e. The van der Waals surface area contributed by atoms with Crippen molar-refractivity contribution in [3.05, 3.63) is 36.4 Å². The van der Waals surface area contributed by atoms with Crippen LogP contribution in [-0.4, -0.2) is 62.3 Å². The van der Waals surface area contributed by atoms with Crippen molar-refractivity contribution in [1.82, 2.24) is 15.1 Å². The van der Waals surface area contributed by atoms with Gasteiger partial charge in [0.2, 0.25) is 6.79 Å². The van der Waals surface area contributed by atoms with Gasteiger partial charge in [-0.1, -0.05) is 12.1 Å². The van der Waals surface area contributed by atoms with E-state index in [1.54, 1.807) is 0 Å². The topological polar surface area (TPSA) is 49.3 Å². The summed E-state index contributed by atoms with van der Waals surface area (Å²) in [6, 6.07) is 6.19. The van der Waals surface area contributed by atoms with Crippen LogP contribution in [0.5, 0.6) is 11.5 Å². The van der Waals surface area contributed by atoms with Gasteiger partial charge in [-0.2, -0.15) is 0 Å². The lowest BCUT2D eigenvalue weighted by Crippen LogP contribution is -2.52. The van der Waals surface area contributed by atoms with Gasteiger partial charge in [-0.3, -0.25) is 9.89 Å². The first kappa shape index (κ1) is 18.9. The smallest absolute Gasteiger partial charge is 0.231 e. The summed E-state index contributed by atoms with van der Waals surface area (Å²) < 4.78 is 10.8. The first-order valence-corrected chi connectivity index (χ1v) is 7.97. The Labute approximate surface area is 160 Å². The minimum absolute atomic E-state index is 0. The number of hydrogen-bond donors (Lipinski definition) is 1. The van der Waals surface area contributed by atoms with E-state index in [1.165, 1.54) is 5.56 Å². The van der Waals surface area contributed by atoms with Gasteiger partial charge >= 0.3 is 0 Å². The minimum atomic E-state index is 0. The highest BCUT2D eigenvalue weighted by atomic mass is 127. The summed E-state index contributed by atoms with van der Waals surface area (Å²) >= 11 is 0. The number of guanidine groups is 1. The van der Waals surface area contributed by atoms with Gasteiger partial charge in [-0.15, -0.1) is 30.6 Å². The van der Waals surface area contributed by atoms with Gasteiger partial charge in [-0.05, 0) is 17.7 Å². The summed E-state index contributed by atoms with van der Waals surface area (Å²) in [5, 5.41) is 3.29. The third-order valence-electron chi connectivity index (χ3n) is 4.13. The van der Waals surface area contributed by atoms with Crippen LogP contribution in [0, 0.1) is 0 Å². The van der Waals surface area contributed by atoms with Gasteiger partial charge < -0.3 is 19.7 Å². The van der Waals surface area contributed by atoms with Crippen LogP contribution in [0.25, 0.3) is 0 Å². The molecule has 6 nitrogen and oxygen atoms in total. The number of halogens is 1. The molecule has 7 heteroatoms. The van der Waals surface area contributed by atoms with Crippen LogP contribution >= 0.6 is 24.0 Å². The molecule has 2 aliphatic rings. The van der Waals surface area contributed by atoms with Gasteiger partial charge in [0.05, 0.1) is 0 Å². The summed E-state index contributed by atoms with van der Waals surface area (Å²) in [5.41, 5.74) is 1.26. The van der Waals surface area contributed by atoms with Crippen molar-refractivity contribution in [2.75, 3.05) is 46.6 Å². The monoisotopic (exact) mass is 444 g/mol. The zero-order chi connectivity index (χ0) is 16.1. The van der Waals surface area contributed by atoms with Crippen LogP contribution in [0.3, 0.4) is 0 Å². The lowest BCUT2D eigenvalue weighted by molar-refractivity contribution is 0.171. The van der Waals surface area contributed by atoms with Crippen LogP contribution in [0.2, 0.25) is 0 Å². The molecule has 0 unspecified atom stereocenters. The molecule has 0 amide bonds.